The zero-order valence-electron chi connectivity index (χ0n) is 15.3. The Hall–Kier alpha value is -1.69. The van der Waals surface area contributed by atoms with Crippen molar-refractivity contribution in [3.63, 3.8) is 0 Å². The molecule has 0 heterocycles. The summed E-state index contributed by atoms with van der Waals surface area (Å²) in [7, 11) is 1.58. The molecule has 0 aliphatic rings. The highest BCUT2D eigenvalue weighted by Gasteiger charge is 2.22. The number of carbonyl (C=O) groups is 1. The molecule has 0 unspecified atom stereocenters. The molecule has 0 aliphatic heterocycles. The molecule has 140 valence electrons. The van der Waals surface area contributed by atoms with Crippen molar-refractivity contribution < 1.29 is 14.3 Å². The smallest absolute Gasteiger partial charge is 0.311 e. The third-order valence-corrected chi connectivity index (χ3v) is 4.68. The Kier molecular flexibility index (Phi) is 8.29. The lowest BCUT2D eigenvalue weighted by atomic mass is 9.95. The van der Waals surface area contributed by atoms with Gasteiger partial charge in [-0.15, -0.1) is 0 Å². The van der Waals surface area contributed by atoms with Crippen LogP contribution < -0.4 is 5.73 Å². The highest BCUT2D eigenvalue weighted by atomic mass is 79.9. The van der Waals surface area contributed by atoms with Crippen molar-refractivity contribution in [3.8, 4) is 11.1 Å². The molecular weight excluding hydrogens is 394 g/mol. The number of nitrogens with two attached hydrogens (primary N) is 1. The SMILES string of the molecule is CCOC(=O)[C@H](COC)C[C@H](N)Cc1ccc(-c2cccc(Br)c2)cc1. The zero-order chi connectivity index (χ0) is 18.9. The van der Waals surface area contributed by atoms with Crippen LogP contribution in [0.1, 0.15) is 18.9 Å². The van der Waals surface area contributed by atoms with Crippen LogP contribution in [0.5, 0.6) is 0 Å². The third kappa shape index (κ3) is 6.24. The van der Waals surface area contributed by atoms with Gasteiger partial charge >= 0.3 is 5.97 Å². The molecular formula is C21H26BrNO3. The summed E-state index contributed by atoms with van der Waals surface area (Å²) in [6.45, 7) is 2.49. The average Bonchev–Trinajstić information content (AvgIpc) is 2.62. The fraction of sp³-hybridized carbons (Fsp3) is 0.381. The summed E-state index contributed by atoms with van der Waals surface area (Å²) >= 11 is 3.50. The van der Waals surface area contributed by atoms with Gasteiger partial charge in [0.15, 0.2) is 0 Å². The highest BCUT2D eigenvalue weighted by molar-refractivity contribution is 9.10. The van der Waals surface area contributed by atoms with Crippen molar-refractivity contribution in [1.29, 1.82) is 0 Å². The van der Waals surface area contributed by atoms with E-state index >= 15 is 0 Å². The maximum atomic E-state index is 12.0. The van der Waals surface area contributed by atoms with Crippen LogP contribution in [0.3, 0.4) is 0 Å². The highest BCUT2D eigenvalue weighted by Crippen LogP contribution is 2.23. The van der Waals surface area contributed by atoms with Crippen LogP contribution in [0.2, 0.25) is 0 Å². The molecule has 2 aromatic carbocycles. The molecule has 0 aliphatic carbocycles. The number of hydrogen-bond acceptors (Lipinski definition) is 4. The zero-order valence-corrected chi connectivity index (χ0v) is 16.9. The summed E-state index contributed by atoms with van der Waals surface area (Å²) in [6, 6.07) is 16.5. The van der Waals surface area contributed by atoms with E-state index in [0.29, 0.717) is 26.1 Å². The number of benzene rings is 2. The van der Waals surface area contributed by atoms with Gasteiger partial charge in [0.1, 0.15) is 0 Å². The molecule has 2 rings (SSSR count). The minimum absolute atomic E-state index is 0.128. The molecule has 0 radical (unpaired) electrons. The van der Waals surface area contributed by atoms with Crippen molar-refractivity contribution in [3.05, 3.63) is 58.6 Å². The van der Waals surface area contributed by atoms with E-state index in [0.717, 1.165) is 21.2 Å². The lowest BCUT2D eigenvalue weighted by Gasteiger charge is -2.19. The second kappa shape index (κ2) is 10.5. The van der Waals surface area contributed by atoms with Gasteiger partial charge in [-0.2, -0.15) is 0 Å². The molecule has 4 nitrogen and oxygen atoms in total. The van der Waals surface area contributed by atoms with Gasteiger partial charge < -0.3 is 15.2 Å². The molecule has 0 saturated heterocycles. The Labute approximate surface area is 163 Å². The van der Waals surface area contributed by atoms with E-state index in [2.05, 4.69) is 52.3 Å². The molecule has 2 atom stereocenters. The molecule has 0 saturated carbocycles. The van der Waals surface area contributed by atoms with Gasteiger partial charge in [-0.25, -0.2) is 0 Å². The van der Waals surface area contributed by atoms with Gasteiger partial charge in [0.2, 0.25) is 0 Å². The van der Waals surface area contributed by atoms with Crippen LogP contribution in [-0.2, 0) is 20.7 Å². The van der Waals surface area contributed by atoms with Gasteiger partial charge in [-0.3, -0.25) is 4.79 Å². The van der Waals surface area contributed by atoms with Crippen molar-refractivity contribution in [2.75, 3.05) is 20.3 Å². The molecule has 0 amide bonds. The maximum Gasteiger partial charge on any atom is 0.311 e. The minimum Gasteiger partial charge on any atom is -0.466 e. The number of halogens is 1. The Morgan fingerprint density at radius 1 is 1.15 bits per heavy atom. The van der Waals surface area contributed by atoms with Crippen LogP contribution in [0.25, 0.3) is 11.1 Å². The summed E-state index contributed by atoms with van der Waals surface area (Å²) in [4.78, 5) is 12.0. The standard InChI is InChI=1S/C21H26BrNO3/c1-3-26-21(24)18(14-25-2)13-20(23)11-15-7-9-16(10-8-15)17-5-4-6-19(22)12-17/h4-10,12,18,20H,3,11,13-14,23H2,1-2H3/t18-,20+/m0/s1. The van der Waals surface area contributed by atoms with Gasteiger partial charge in [0, 0.05) is 17.6 Å². The fourth-order valence-electron chi connectivity index (χ4n) is 2.95. The molecule has 0 aromatic heterocycles. The summed E-state index contributed by atoms with van der Waals surface area (Å²) in [5.41, 5.74) is 9.74. The largest absolute Gasteiger partial charge is 0.466 e. The molecule has 0 spiro atoms. The predicted molar refractivity (Wildman–Crippen MR) is 108 cm³/mol. The van der Waals surface area contributed by atoms with E-state index in [1.54, 1.807) is 14.0 Å². The van der Waals surface area contributed by atoms with E-state index in [9.17, 15) is 4.79 Å². The first-order valence-electron chi connectivity index (χ1n) is 8.79. The summed E-state index contributed by atoms with van der Waals surface area (Å²) in [5.74, 6) is -0.564. The van der Waals surface area contributed by atoms with Gasteiger partial charge in [-0.1, -0.05) is 52.3 Å². The lowest BCUT2D eigenvalue weighted by Crippen LogP contribution is -2.32. The van der Waals surface area contributed by atoms with E-state index in [4.69, 9.17) is 15.2 Å². The first kappa shape index (κ1) is 20.6. The number of ether oxygens (including phenoxy) is 2. The Bertz CT molecular complexity index is 703. The first-order chi connectivity index (χ1) is 12.5. The summed E-state index contributed by atoms with van der Waals surface area (Å²) in [6.07, 6.45) is 1.25. The lowest BCUT2D eigenvalue weighted by molar-refractivity contribution is -0.150. The number of methoxy groups -OCH3 is 1. The molecule has 26 heavy (non-hydrogen) atoms. The minimum atomic E-state index is -0.323. The number of rotatable bonds is 9. The summed E-state index contributed by atoms with van der Waals surface area (Å²) in [5, 5.41) is 0. The van der Waals surface area contributed by atoms with E-state index in [-0.39, 0.29) is 17.9 Å². The molecule has 2 N–H and O–H groups in total. The van der Waals surface area contributed by atoms with Crippen molar-refractivity contribution in [2.45, 2.75) is 25.8 Å². The monoisotopic (exact) mass is 419 g/mol. The number of hydrogen-bond donors (Lipinski definition) is 1. The third-order valence-electron chi connectivity index (χ3n) is 4.18. The second-order valence-corrected chi connectivity index (χ2v) is 7.23. The van der Waals surface area contributed by atoms with Crippen LogP contribution in [0.4, 0.5) is 0 Å². The molecule has 2 aromatic rings. The van der Waals surface area contributed by atoms with Crippen molar-refractivity contribution >= 4 is 21.9 Å². The van der Waals surface area contributed by atoms with Crippen LogP contribution in [-0.4, -0.2) is 32.3 Å². The number of carbonyl (C=O) groups excluding carboxylic acids is 1. The van der Waals surface area contributed by atoms with Gasteiger partial charge in [0.05, 0.1) is 19.1 Å². The normalized spacial score (nSPS) is 13.2. The molecule has 0 fully saturated rings. The van der Waals surface area contributed by atoms with E-state index in [1.807, 2.05) is 12.1 Å². The van der Waals surface area contributed by atoms with Crippen LogP contribution >= 0.6 is 15.9 Å². The van der Waals surface area contributed by atoms with E-state index < -0.39 is 0 Å². The first-order valence-corrected chi connectivity index (χ1v) is 9.58. The summed E-state index contributed by atoms with van der Waals surface area (Å²) < 4.78 is 11.3. The Balaban J connectivity index is 1.97. The van der Waals surface area contributed by atoms with Gasteiger partial charge in [-0.05, 0) is 48.6 Å². The van der Waals surface area contributed by atoms with E-state index in [1.165, 1.54) is 0 Å². The quantitative estimate of drug-likeness (QED) is 0.618. The maximum absolute atomic E-state index is 12.0. The fourth-order valence-corrected chi connectivity index (χ4v) is 3.35. The topological polar surface area (TPSA) is 61.5 Å². The molecule has 0 bridgehead atoms. The van der Waals surface area contributed by atoms with Gasteiger partial charge in [0.25, 0.3) is 0 Å². The predicted octanol–water partition coefficient (Wildman–Crippen LogP) is 4.20. The van der Waals surface area contributed by atoms with Crippen molar-refractivity contribution in [2.24, 2.45) is 11.7 Å². The Morgan fingerprint density at radius 2 is 1.88 bits per heavy atom. The molecule has 5 heteroatoms. The average molecular weight is 420 g/mol. The second-order valence-electron chi connectivity index (χ2n) is 6.31. The Morgan fingerprint density at radius 3 is 2.50 bits per heavy atom. The number of esters is 1. The van der Waals surface area contributed by atoms with Crippen molar-refractivity contribution in [1.82, 2.24) is 0 Å². The van der Waals surface area contributed by atoms with Crippen LogP contribution in [0, 0.1) is 5.92 Å². The van der Waals surface area contributed by atoms with Crippen LogP contribution in [0.15, 0.2) is 53.0 Å².